The first-order chi connectivity index (χ1) is 11.7. The van der Waals surface area contributed by atoms with Crippen molar-refractivity contribution < 1.29 is 14.3 Å². The van der Waals surface area contributed by atoms with Crippen molar-refractivity contribution in [3.63, 3.8) is 0 Å². The van der Waals surface area contributed by atoms with E-state index in [1.807, 2.05) is 60.4 Å². The van der Waals surface area contributed by atoms with Gasteiger partial charge < -0.3 is 14.4 Å². The Balaban J connectivity index is 1.85. The summed E-state index contributed by atoms with van der Waals surface area (Å²) in [6, 6.07) is 15.6. The highest BCUT2D eigenvalue weighted by Crippen LogP contribution is 2.25. The quantitative estimate of drug-likeness (QED) is 0.865. The minimum absolute atomic E-state index is 0.0668. The van der Waals surface area contributed by atoms with Crippen molar-refractivity contribution in [1.82, 2.24) is 4.90 Å². The summed E-state index contributed by atoms with van der Waals surface area (Å²) >= 11 is 0. The van der Waals surface area contributed by atoms with Crippen LogP contribution in [0, 0.1) is 0 Å². The molecule has 0 aliphatic carbocycles. The maximum absolute atomic E-state index is 12.9. The highest BCUT2D eigenvalue weighted by atomic mass is 16.5. The first-order valence-electron chi connectivity index (χ1n) is 8.33. The van der Waals surface area contributed by atoms with Gasteiger partial charge in [0.05, 0.1) is 13.2 Å². The minimum atomic E-state index is 0.0668. The van der Waals surface area contributed by atoms with Gasteiger partial charge in [-0.2, -0.15) is 0 Å². The Labute approximate surface area is 143 Å². The number of hydrogen-bond acceptors (Lipinski definition) is 3. The molecule has 0 aromatic heterocycles. The smallest absolute Gasteiger partial charge is 0.253 e. The molecule has 1 heterocycles. The van der Waals surface area contributed by atoms with Crippen LogP contribution in [0.15, 0.2) is 48.5 Å². The second-order valence-corrected chi connectivity index (χ2v) is 6.10. The molecule has 1 aliphatic rings. The van der Waals surface area contributed by atoms with E-state index < -0.39 is 0 Å². The van der Waals surface area contributed by atoms with Crippen molar-refractivity contribution >= 4 is 5.91 Å². The largest absolute Gasteiger partial charge is 0.497 e. The molecule has 1 unspecified atom stereocenters. The summed E-state index contributed by atoms with van der Waals surface area (Å²) < 4.78 is 10.9. The number of rotatable bonds is 3. The molecule has 126 valence electrons. The molecule has 2 aromatic carbocycles. The van der Waals surface area contributed by atoms with Gasteiger partial charge in [0.1, 0.15) is 5.75 Å². The zero-order valence-electron chi connectivity index (χ0n) is 14.2. The molecule has 0 spiro atoms. The molecule has 1 saturated heterocycles. The Hall–Kier alpha value is -2.33. The summed E-state index contributed by atoms with van der Waals surface area (Å²) in [5.41, 5.74) is 2.76. The van der Waals surface area contributed by atoms with Gasteiger partial charge >= 0.3 is 0 Å². The molecular weight excluding hydrogens is 302 g/mol. The van der Waals surface area contributed by atoms with Crippen LogP contribution in [0.4, 0.5) is 0 Å². The summed E-state index contributed by atoms with van der Waals surface area (Å²) in [6.45, 7) is 4.11. The van der Waals surface area contributed by atoms with Crippen molar-refractivity contribution in [2.45, 2.75) is 19.4 Å². The molecule has 1 amide bonds. The van der Waals surface area contributed by atoms with E-state index in [1.54, 1.807) is 7.11 Å². The van der Waals surface area contributed by atoms with Crippen molar-refractivity contribution in [2.24, 2.45) is 0 Å². The summed E-state index contributed by atoms with van der Waals surface area (Å²) in [5, 5.41) is 0. The lowest BCUT2D eigenvalue weighted by Gasteiger charge is -2.22. The number of methoxy groups -OCH3 is 1. The van der Waals surface area contributed by atoms with Gasteiger partial charge in [0, 0.05) is 25.3 Å². The average Bonchev–Trinajstić information content (AvgIpc) is 2.85. The molecule has 1 aliphatic heterocycles. The molecular formula is C20H23NO3. The SMILES string of the molecule is COc1cccc(-c2cccc(C(=O)N3CCCOC(C)C3)c2)c1. The number of nitrogens with zero attached hydrogens (tertiary/aromatic N) is 1. The zero-order valence-corrected chi connectivity index (χ0v) is 14.2. The molecule has 0 N–H and O–H groups in total. The van der Waals surface area contributed by atoms with Crippen molar-refractivity contribution in [1.29, 1.82) is 0 Å². The Morgan fingerprint density at radius 1 is 1.17 bits per heavy atom. The molecule has 0 saturated carbocycles. The Morgan fingerprint density at radius 3 is 2.71 bits per heavy atom. The second-order valence-electron chi connectivity index (χ2n) is 6.10. The van der Waals surface area contributed by atoms with E-state index in [0.717, 1.165) is 36.4 Å². The van der Waals surface area contributed by atoms with Gasteiger partial charge in [0.15, 0.2) is 0 Å². The molecule has 0 bridgehead atoms. The number of benzene rings is 2. The maximum Gasteiger partial charge on any atom is 0.253 e. The fraction of sp³-hybridized carbons (Fsp3) is 0.350. The van der Waals surface area contributed by atoms with Gasteiger partial charge in [-0.1, -0.05) is 24.3 Å². The van der Waals surface area contributed by atoms with Crippen molar-refractivity contribution in [3.05, 3.63) is 54.1 Å². The molecule has 3 rings (SSSR count). The van der Waals surface area contributed by atoms with E-state index in [4.69, 9.17) is 9.47 Å². The minimum Gasteiger partial charge on any atom is -0.497 e. The first-order valence-corrected chi connectivity index (χ1v) is 8.33. The Kier molecular flexibility index (Phi) is 5.16. The highest BCUT2D eigenvalue weighted by Gasteiger charge is 2.21. The van der Waals surface area contributed by atoms with Gasteiger partial charge in [-0.3, -0.25) is 4.79 Å². The molecule has 0 radical (unpaired) electrons. The predicted molar refractivity (Wildman–Crippen MR) is 94.4 cm³/mol. The topological polar surface area (TPSA) is 38.8 Å². The monoisotopic (exact) mass is 325 g/mol. The molecule has 4 nitrogen and oxygen atoms in total. The Bertz CT molecular complexity index is 714. The van der Waals surface area contributed by atoms with Gasteiger partial charge in [-0.15, -0.1) is 0 Å². The van der Waals surface area contributed by atoms with Crippen LogP contribution < -0.4 is 4.74 Å². The summed E-state index contributed by atoms with van der Waals surface area (Å²) in [4.78, 5) is 14.7. The lowest BCUT2D eigenvalue weighted by Crippen LogP contribution is -2.35. The predicted octanol–water partition coefficient (Wildman–Crippen LogP) is 3.61. The van der Waals surface area contributed by atoms with Crippen LogP contribution in [-0.2, 0) is 4.74 Å². The lowest BCUT2D eigenvalue weighted by molar-refractivity contribution is 0.0563. The van der Waals surface area contributed by atoms with E-state index in [9.17, 15) is 4.79 Å². The second kappa shape index (κ2) is 7.49. The zero-order chi connectivity index (χ0) is 16.9. The van der Waals surface area contributed by atoms with Crippen LogP contribution in [0.3, 0.4) is 0 Å². The summed E-state index contributed by atoms with van der Waals surface area (Å²) in [6.07, 6.45) is 0.962. The number of ether oxygens (including phenoxy) is 2. The van der Waals surface area contributed by atoms with Crippen LogP contribution in [0.25, 0.3) is 11.1 Å². The first kappa shape index (κ1) is 16.5. The fourth-order valence-electron chi connectivity index (χ4n) is 3.00. The van der Waals surface area contributed by atoms with E-state index in [0.29, 0.717) is 12.1 Å². The van der Waals surface area contributed by atoms with E-state index in [2.05, 4.69) is 0 Å². The van der Waals surface area contributed by atoms with Crippen molar-refractivity contribution in [2.75, 3.05) is 26.8 Å². The average molecular weight is 325 g/mol. The third-order valence-corrected chi connectivity index (χ3v) is 4.25. The van der Waals surface area contributed by atoms with E-state index in [-0.39, 0.29) is 12.0 Å². The lowest BCUT2D eigenvalue weighted by atomic mass is 10.0. The van der Waals surface area contributed by atoms with Crippen LogP contribution in [0.2, 0.25) is 0 Å². The molecule has 2 aromatic rings. The summed E-state index contributed by atoms with van der Waals surface area (Å²) in [5.74, 6) is 0.875. The maximum atomic E-state index is 12.9. The number of carbonyl (C=O) groups is 1. The molecule has 24 heavy (non-hydrogen) atoms. The Morgan fingerprint density at radius 2 is 1.92 bits per heavy atom. The molecule has 1 fully saturated rings. The highest BCUT2D eigenvalue weighted by molar-refractivity contribution is 5.95. The van der Waals surface area contributed by atoms with Gasteiger partial charge in [-0.25, -0.2) is 0 Å². The van der Waals surface area contributed by atoms with Gasteiger partial charge in [-0.05, 0) is 48.7 Å². The van der Waals surface area contributed by atoms with Crippen LogP contribution in [0.5, 0.6) is 5.75 Å². The number of amides is 1. The van der Waals surface area contributed by atoms with E-state index in [1.165, 1.54) is 0 Å². The molecule has 4 heteroatoms. The van der Waals surface area contributed by atoms with Crippen molar-refractivity contribution in [3.8, 4) is 16.9 Å². The van der Waals surface area contributed by atoms with Crippen LogP contribution in [-0.4, -0.2) is 43.7 Å². The normalized spacial score (nSPS) is 18.1. The molecule has 1 atom stereocenters. The number of carbonyl (C=O) groups excluding carboxylic acids is 1. The van der Waals surface area contributed by atoms with Crippen LogP contribution >= 0.6 is 0 Å². The fourth-order valence-corrected chi connectivity index (χ4v) is 3.00. The van der Waals surface area contributed by atoms with Gasteiger partial charge in [0.2, 0.25) is 0 Å². The van der Waals surface area contributed by atoms with E-state index >= 15 is 0 Å². The van der Waals surface area contributed by atoms with Gasteiger partial charge in [0.25, 0.3) is 5.91 Å². The van der Waals surface area contributed by atoms with Crippen LogP contribution in [0.1, 0.15) is 23.7 Å². The third-order valence-electron chi connectivity index (χ3n) is 4.25. The summed E-state index contributed by atoms with van der Waals surface area (Å²) in [7, 11) is 1.65. The third kappa shape index (κ3) is 3.77. The number of hydrogen-bond donors (Lipinski definition) is 0. The standard InChI is InChI=1S/C20H23NO3/c1-15-14-21(10-5-11-24-15)20(22)18-8-3-6-16(12-18)17-7-4-9-19(13-17)23-2/h3-4,6-9,12-13,15H,5,10-11,14H2,1-2H3.